The Kier molecular flexibility index (Phi) is 12.7. The van der Waals surface area contributed by atoms with Gasteiger partial charge in [-0.2, -0.15) is 0 Å². The second-order valence-corrected chi connectivity index (χ2v) is 23.0. The molecule has 4 heteroatoms. The van der Waals surface area contributed by atoms with Crippen molar-refractivity contribution in [3.05, 3.63) is 133 Å². The van der Waals surface area contributed by atoms with Gasteiger partial charge in [0, 0.05) is 0 Å². The molecule has 0 fully saturated rings. The Labute approximate surface area is 292 Å². The molecule has 0 aromatic heterocycles. The van der Waals surface area contributed by atoms with Gasteiger partial charge in [0.2, 0.25) is 0 Å². The smallest absolute Gasteiger partial charge is 0.262 e. The van der Waals surface area contributed by atoms with Crippen molar-refractivity contribution in [1.82, 2.24) is 0 Å². The molecule has 0 aliphatic carbocycles. The van der Waals surface area contributed by atoms with Crippen LogP contribution in [-0.4, -0.2) is 28.8 Å². The molecule has 0 aliphatic rings. The Morgan fingerprint density at radius 1 is 0.500 bits per heavy atom. The van der Waals surface area contributed by atoms with Gasteiger partial charge in [-0.05, 0) is 56.5 Å². The standard InChI is InChI=1S/C44H52O2Si2/c1-9-37(45-47(43(3,4)5,39-29-19-13-20-30-39)40-31-21-14-22-32-40)27-17-11-12-18-28-38(10-2)46-48(44(6,7)8,41-33-23-15-24-34-41)42-35-25-16-26-36-42/h1-2,11-16,19-26,29-38H,17-18,27-28H2,3-8H3/b12-11-/t37-,38-/m1/s1. The van der Waals surface area contributed by atoms with Gasteiger partial charge in [0.05, 0.1) is 0 Å². The van der Waals surface area contributed by atoms with Crippen molar-refractivity contribution in [2.24, 2.45) is 0 Å². The third-order valence-electron chi connectivity index (χ3n) is 9.20. The minimum atomic E-state index is -2.72. The lowest BCUT2D eigenvalue weighted by molar-refractivity contribution is 0.231. The van der Waals surface area contributed by atoms with E-state index in [9.17, 15) is 0 Å². The molecule has 0 radical (unpaired) electrons. The summed E-state index contributed by atoms with van der Waals surface area (Å²) in [6.07, 6.45) is 19.3. The van der Waals surface area contributed by atoms with Gasteiger partial charge in [-0.25, -0.2) is 0 Å². The molecular formula is C44H52O2Si2. The minimum Gasteiger partial charge on any atom is -0.394 e. The molecule has 0 saturated heterocycles. The van der Waals surface area contributed by atoms with E-state index in [4.69, 9.17) is 21.7 Å². The summed E-state index contributed by atoms with van der Waals surface area (Å²) in [5, 5.41) is 4.69. The van der Waals surface area contributed by atoms with Crippen LogP contribution in [0.2, 0.25) is 10.1 Å². The summed E-state index contributed by atoms with van der Waals surface area (Å²) in [5.41, 5.74) is 0. The first-order valence-electron chi connectivity index (χ1n) is 17.1. The van der Waals surface area contributed by atoms with Gasteiger partial charge in [0.1, 0.15) is 12.2 Å². The Morgan fingerprint density at radius 3 is 0.958 bits per heavy atom. The van der Waals surface area contributed by atoms with Crippen LogP contribution in [0.4, 0.5) is 0 Å². The van der Waals surface area contributed by atoms with E-state index in [-0.39, 0.29) is 22.3 Å². The normalized spacial score (nSPS) is 13.8. The van der Waals surface area contributed by atoms with Crippen LogP contribution in [0.3, 0.4) is 0 Å². The third kappa shape index (κ3) is 8.20. The Hall–Kier alpha value is -3.91. The van der Waals surface area contributed by atoms with Gasteiger partial charge >= 0.3 is 0 Å². The zero-order chi connectivity index (χ0) is 34.7. The van der Waals surface area contributed by atoms with Crippen molar-refractivity contribution in [3.8, 4) is 24.7 Å². The number of terminal acetylenes is 2. The molecule has 4 aromatic carbocycles. The Balaban J connectivity index is 1.47. The molecule has 0 spiro atoms. The van der Waals surface area contributed by atoms with E-state index in [1.54, 1.807) is 0 Å². The number of rotatable bonds is 14. The molecule has 48 heavy (non-hydrogen) atoms. The maximum absolute atomic E-state index is 7.18. The predicted molar refractivity (Wildman–Crippen MR) is 210 cm³/mol. The monoisotopic (exact) mass is 668 g/mol. The quantitative estimate of drug-likeness (QED) is 0.0766. The fraction of sp³-hybridized carbons (Fsp3) is 0.318. The van der Waals surface area contributed by atoms with Crippen LogP contribution in [0.5, 0.6) is 0 Å². The van der Waals surface area contributed by atoms with Crippen LogP contribution in [0.1, 0.15) is 67.2 Å². The molecule has 248 valence electrons. The fourth-order valence-electron chi connectivity index (χ4n) is 6.89. The van der Waals surface area contributed by atoms with Crippen LogP contribution in [0.15, 0.2) is 133 Å². The van der Waals surface area contributed by atoms with Crippen LogP contribution in [0.25, 0.3) is 0 Å². The zero-order valence-electron chi connectivity index (χ0n) is 29.7. The predicted octanol–water partition coefficient (Wildman–Crippen LogP) is 8.26. The zero-order valence-corrected chi connectivity index (χ0v) is 31.7. The van der Waals surface area contributed by atoms with Crippen molar-refractivity contribution in [2.75, 3.05) is 0 Å². The van der Waals surface area contributed by atoms with Crippen LogP contribution in [-0.2, 0) is 8.85 Å². The maximum atomic E-state index is 7.18. The van der Waals surface area contributed by atoms with Crippen LogP contribution < -0.4 is 20.7 Å². The van der Waals surface area contributed by atoms with E-state index in [1.807, 2.05) is 0 Å². The largest absolute Gasteiger partial charge is 0.394 e. The average Bonchev–Trinajstić information content (AvgIpc) is 3.09. The number of benzene rings is 4. The first-order chi connectivity index (χ1) is 23.0. The van der Waals surface area contributed by atoms with Crippen molar-refractivity contribution < 1.29 is 8.85 Å². The number of hydrogen-bond donors (Lipinski definition) is 0. The highest BCUT2D eigenvalue weighted by Crippen LogP contribution is 2.39. The molecular weight excluding hydrogens is 617 g/mol. The van der Waals surface area contributed by atoms with Gasteiger partial charge in [-0.3, -0.25) is 0 Å². The SMILES string of the molecule is C#C[C@H](CC/C=C\CC[C@@H](C#C)O[Si](c1ccccc1)(c1ccccc1)C(C)(C)C)O[Si](c1ccccc1)(c1ccccc1)C(C)(C)C. The molecule has 0 N–H and O–H groups in total. The van der Waals surface area contributed by atoms with Crippen molar-refractivity contribution in [1.29, 1.82) is 0 Å². The molecule has 0 heterocycles. The molecule has 0 bridgehead atoms. The average molecular weight is 669 g/mol. The molecule has 0 saturated carbocycles. The van der Waals surface area contributed by atoms with Crippen molar-refractivity contribution in [3.63, 3.8) is 0 Å². The summed E-state index contributed by atoms with van der Waals surface area (Å²) in [6, 6.07) is 42.7. The van der Waals surface area contributed by atoms with Crippen molar-refractivity contribution >= 4 is 37.4 Å². The van der Waals surface area contributed by atoms with E-state index in [0.717, 1.165) is 25.7 Å². The second-order valence-electron chi connectivity index (χ2n) is 14.5. The lowest BCUT2D eigenvalue weighted by Crippen LogP contribution is -2.67. The molecule has 0 aliphatic heterocycles. The first-order valence-corrected chi connectivity index (χ1v) is 21.0. The number of allylic oxidation sites excluding steroid dienone is 2. The van der Waals surface area contributed by atoms with Gasteiger partial charge in [0.15, 0.2) is 0 Å². The van der Waals surface area contributed by atoms with Gasteiger partial charge in [-0.15, -0.1) is 12.8 Å². The van der Waals surface area contributed by atoms with E-state index in [2.05, 4.69) is 187 Å². The number of hydrogen-bond acceptors (Lipinski definition) is 2. The lowest BCUT2D eigenvalue weighted by atomic mass is 10.1. The fourth-order valence-corrected chi connectivity index (χ4v) is 16.1. The lowest BCUT2D eigenvalue weighted by Gasteiger charge is -2.44. The van der Waals surface area contributed by atoms with E-state index >= 15 is 0 Å². The van der Waals surface area contributed by atoms with E-state index < -0.39 is 16.6 Å². The molecule has 2 nitrogen and oxygen atoms in total. The summed E-state index contributed by atoms with van der Waals surface area (Å²) in [6.45, 7) is 13.7. The molecule has 0 amide bonds. The topological polar surface area (TPSA) is 18.5 Å². The van der Waals surface area contributed by atoms with Crippen LogP contribution >= 0.6 is 0 Å². The van der Waals surface area contributed by atoms with E-state index in [0.29, 0.717) is 0 Å². The van der Waals surface area contributed by atoms with E-state index in [1.165, 1.54) is 20.7 Å². The van der Waals surface area contributed by atoms with Gasteiger partial charge in [0.25, 0.3) is 16.6 Å². The highest BCUT2D eigenvalue weighted by Gasteiger charge is 2.52. The summed E-state index contributed by atoms with van der Waals surface area (Å²) in [5.74, 6) is 5.99. The second kappa shape index (κ2) is 16.5. The summed E-state index contributed by atoms with van der Waals surface area (Å²) in [7, 11) is -5.45. The third-order valence-corrected chi connectivity index (χ3v) is 19.3. The van der Waals surface area contributed by atoms with Crippen molar-refractivity contribution in [2.45, 2.75) is 89.5 Å². The maximum Gasteiger partial charge on any atom is 0.262 e. The Morgan fingerprint density at radius 2 is 0.750 bits per heavy atom. The van der Waals surface area contributed by atoms with Gasteiger partial charge in [-0.1, -0.05) is 187 Å². The van der Waals surface area contributed by atoms with Gasteiger partial charge < -0.3 is 8.85 Å². The summed E-state index contributed by atoms with van der Waals surface area (Å²) in [4.78, 5) is 0. The molecule has 2 atom stereocenters. The van der Waals surface area contributed by atoms with Crippen LogP contribution in [0, 0.1) is 24.7 Å². The molecule has 4 aromatic rings. The minimum absolute atomic E-state index is 0.129. The molecule has 4 rings (SSSR count). The Bertz CT molecular complexity index is 1450. The highest BCUT2D eigenvalue weighted by atomic mass is 28.4. The highest BCUT2D eigenvalue weighted by molar-refractivity contribution is 7.00. The summed E-state index contributed by atoms with van der Waals surface area (Å²) < 4.78 is 14.4. The summed E-state index contributed by atoms with van der Waals surface area (Å²) >= 11 is 0. The first kappa shape index (κ1) is 36.9. The molecule has 0 unspecified atom stereocenters.